The molecule has 1 heterocycles. The maximum absolute atomic E-state index is 11.8. The molecule has 4 heteroatoms. The number of aromatic nitrogens is 1. The highest BCUT2D eigenvalue weighted by atomic mass is 16.3. The van der Waals surface area contributed by atoms with E-state index >= 15 is 0 Å². The van der Waals surface area contributed by atoms with E-state index in [1.807, 2.05) is 30.3 Å². The number of ketones is 1. The largest absolute Gasteiger partial charge is 0.504 e. The lowest BCUT2D eigenvalue weighted by atomic mass is 9.98. The van der Waals surface area contributed by atoms with Crippen molar-refractivity contribution in [3.8, 4) is 0 Å². The predicted molar refractivity (Wildman–Crippen MR) is 96.3 cm³/mol. The number of carbonyl (C=O) groups excluding carboxylic acids is 1. The first kappa shape index (κ1) is 14.1. The van der Waals surface area contributed by atoms with Crippen molar-refractivity contribution in [2.45, 2.75) is 6.10 Å². The van der Waals surface area contributed by atoms with Crippen LogP contribution in [0.3, 0.4) is 0 Å². The summed E-state index contributed by atoms with van der Waals surface area (Å²) in [4.78, 5) is 15.3. The molecule has 0 bridgehead atoms. The minimum Gasteiger partial charge on any atom is -0.504 e. The predicted octanol–water partition coefficient (Wildman–Crippen LogP) is 1.35. The van der Waals surface area contributed by atoms with E-state index in [0.717, 1.165) is 32.6 Å². The smallest absolute Gasteiger partial charge is 0.230 e. The number of benzene rings is 3. The van der Waals surface area contributed by atoms with Crippen molar-refractivity contribution in [1.29, 1.82) is 0 Å². The number of hydrogen-bond acceptors (Lipinski definition) is 3. The number of pyridine rings is 1. The average Bonchev–Trinajstić information content (AvgIpc) is 2.64. The molecule has 5 rings (SSSR count). The average molecular weight is 328 g/mol. The molecule has 0 saturated heterocycles. The molecule has 4 nitrogen and oxygen atoms in total. The first-order valence-corrected chi connectivity index (χ1v) is 8.07. The second kappa shape index (κ2) is 4.88. The van der Waals surface area contributed by atoms with Crippen LogP contribution in [-0.4, -0.2) is 22.1 Å². The molecule has 0 fully saturated rings. The number of carbonyl (C=O) groups is 1. The summed E-state index contributed by atoms with van der Waals surface area (Å²) in [5.41, 5.74) is 1.92. The van der Waals surface area contributed by atoms with Gasteiger partial charge in [0.15, 0.2) is 5.76 Å². The van der Waals surface area contributed by atoms with Crippen LogP contribution in [0.2, 0.25) is 0 Å². The third kappa shape index (κ3) is 1.92. The van der Waals surface area contributed by atoms with E-state index in [4.69, 9.17) is 0 Å². The maximum atomic E-state index is 11.8. The van der Waals surface area contributed by atoms with Gasteiger partial charge in [0.25, 0.3) is 0 Å². The molecule has 120 valence electrons. The van der Waals surface area contributed by atoms with Gasteiger partial charge in [-0.1, -0.05) is 24.3 Å². The Balaban J connectivity index is 1.99. The van der Waals surface area contributed by atoms with Gasteiger partial charge in [-0.2, -0.15) is 0 Å². The molecule has 1 aliphatic carbocycles. The zero-order chi connectivity index (χ0) is 17.1. The first-order chi connectivity index (χ1) is 12.1. The van der Waals surface area contributed by atoms with Gasteiger partial charge in [-0.15, -0.1) is 0 Å². The first-order valence-electron chi connectivity index (χ1n) is 8.07. The van der Waals surface area contributed by atoms with Crippen LogP contribution in [-0.2, 0) is 4.79 Å². The summed E-state index contributed by atoms with van der Waals surface area (Å²) < 4.78 is 0. The van der Waals surface area contributed by atoms with Crippen LogP contribution < -0.4 is 15.4 Å². The van der Waals surface area contributed by atoms with Crippen LogP contribution in [0.4, 0.5) is 0 Å². The lowest BCUT2D eigenvalue weighted by molar-refractivity contribution is -0.309. The summed E-state index contributed by atoms with van der Waals surface area (Å²) in [6.45, 7) is 0. The summed E-state index contributed by atoms with van der Waals surface area (Å²) in [5, 5.41) is 25.3. The van der Waals surface area contributed by atoms with Crippen LogP contribution in [0.5, 0.6) is 0 Å². The van der Waals surface area contributed by atoms with Gasteiger partial charge >= 0.3 is 0 Å². The van der Waals surface area contributed by atoms with Crippen molar-refractivity contribution >= 4 is 50.2 Å². The van der Waals surface area contributed by atoms with Gasteiger partial charge in [-0.25, -0.2) is 4.98 Å². The Bertz CT molecular complexity index is 1340. The lowest BCUT2D eigenvalue weighted by Gasteiger charge is -2.10. The van der Waals surface area contributed by atoms with E-state index in [2.05, 4.69) is 23.2 Å². The van der Waals surface area contributed by atoms with E-state index in [1.54, 1.807) is 6.07 Å². The zero-order valence-electron chi connectivity index (χ0n) is 13.2. The van der Waals surface area contributed by atoms with Gasteiger partial charge in [-0.05, 0) is 40.9 Å². The zero-order valence-corrected chi connectivity index (χ0v) is 13.2. The Labute approximate surface area is 142 Å². The fraction of sp³-hybridized carbons (Fsp3) is 0.0476. The molecule has 1 aliphatic rings. The van der Waals surface area contributed by atoms with Gasteiger partial charge in [-0.3, -0.25) is 4.79 Å². The molecule has 1 atom stereocenters. The van der Waals surface area contributed by atoms with Gasteiger partial charge in [0, 0.05) is 16.7 Å². The minimum absolute atomic E-state index is 0.384. The number of aromatic amines is 1. The number of Topliss-reactive ketones (excluding diaryl/α,β-unsaturated/α-hetero) is 1. The summed E-state index contributed by atoms with van der Waals surface area (Å²) >= 11 is 0. The number of rotatable bonds is 0. The van der Waals surface area contributed by atoms with Crippen molar-refractivity contribution < 1.29 is 20.0 Å². The van der Waals surface area contributed by atoms with E-state index in [-0.39, 0.29) is 5.76 Å². The van der Waals surface area contributed by atoms with Crippen LogP contribution in [0, 0.1) is 0 Å². The summed E-state index contributed by atoms with van der Waals surface area (Å²) in [5.74, 6) is -1.05. The molecule has 1 aromatic heterocycles. The Hall–Kier alpha value is -3.24. The van der Waals surface area contributed by atoms with E-state index in [1.165, 1.54) is 6.08 Å². The molecule has 4 aromatic rings. The van der Waals surface area contributed by atoms with Crippen molar-refractivity contribution in [3.05, 3.63) is 65.0 Å². The highest BCUT2D eigenvalue weighted by molar-refractivity contribution is 6.18. The molecule has 0 radical (unpaired) electrons. The van der Waals surface area contributed by atoms with Gasteiger partial charge in [0.05, 0.1) is 10.8 Å². The second-order valence-corrected chi connectivity index (χ2v) is 6.33. The minimum atomic E-state index is -1.31. The Morgan fingerprint density at radius 2 is 1.72 bits per heavy atom. The third-order valence-electron chi connectivity index (χ3n) is 4.89. The van der Waals surface area contributed by atoms with Crippen LogP contribution in [0.15, 0.2) is 54.6 Å². The number of aliphatic hydroxyl groups is 2. The van der Waals surface area contributed by atoms with Crippen molar-refractivity contribution in [3.63, 3.8) is 0 Å². The van der Waals surface area contributed by atoms with E-state index < -0.39 is 11.9 Å². The fourth-order valence-corrected chi connectivity index (χ4v) is 3.63. The molecule has 3 N–H and O–H groups in total. The Morgan fingerprint density at radius 1 is 0.920 bits per heavy atom. The van der Waals surface area contributed by atoms with Crippen LogP contribution >= 0.6 is 0 Å². The fourth-order valence-electron chi connectivity index (χ4n) is 3.63. The number of nitrogens with one attached hydrogen (secondary N) is 1. The number of fused-ring (bicyclic) bond motifs is 6. The molecule has 0 aliphatic heterocycles. The van der Waals surface area contributed by atoms with Crippen molar-refractivity contribution in [2.24, 2.45) is 0 Å². The normalized spacial score (nSPS) is 17.1. The third-order valence-corrected chi connectivity index (χ3v) is 4.89. The molecule has 0 unspecified atom stereocenters. The monoisotopic (exact) mass is 328 g/mol. The number of aliphatic hydroxyl groups excluding tert-OH is 2. The summed E-state index contributed by atoms with van der Waals surface area (Å²) in [7, 11) is 0. The highest BCUT2D eigenvalue weighted by Gasteiger charge is 2.23. The van der Waals surface area contributed by atoms with E-state index in [0.29, 0.717) is 10.4 Å². The van der Waals surface area contributed by atoms with Crippen LogP contribution in [0.25, 0.3) is 44.4 Å². The number of H-pyrrole nitrogens is 1. The molecular formula is C21H14NO3+. The van der Waals surface area contributed by atoms with Gasteiger partial charge in [0.1, 0.15) is 6.10 Å². The second-order valence-electron chi connectivity index (χ2n) is 6.33. The molecule has 25 heavy (non-hydrogen) atoms. The molecule has 0 spiro atoms. The van der Waals surface area contributed by atoms with Crippen molar-refractivity contribution in [2.75, 3.05) is 0 Å². The SMILES string of the molecule is O=C1C(O)=c2ccc3[nH+]c4c(ccc5ccccc54)cc3c2=C[C@H]1O. The highest BCUT2D eigenvalue weighted by Crippen LogP contribution is 2.23. The van der Waals surface area contributed by atoms with E-state index in [9.17, 15) is 15.0 Å². The summed E-state index contributed by atoms with van der Waals surface area (Å²) in [6, 6.07) is 17.9. The number of hydrogen-bond donors (Lipinski definition) is 2. The maximum Gasteiger partial charge on any atom is 0.230 e. The Kier molecular flexibility index (Phi) is 2.76. The molecular weight excluding hydrogens is 314 g/mol. The quantitative estimate of drug-likeness (QED) is 0.378. The van der Waals surface area contributed by atoms with Crippen LogP contribution in [0.1, 0.15) is 0 Å². The van der Waals surface area contributed by atoms with Gasteiger partial charge < -0.3 is 10.2 Å². The summed E-state index contributed by atoms with van der Waals surface area (Å²) in [6.07, 6.45) is 0.186. The molecule has 0 saturated carbocycles. The standard InChI is InChI=1S/C21H13NO3/c23-18-10-15-14(20(24)21(18)25)7-8-17-16(15)9-12-6-5-11-3-1-2-4-13(11)19(12)22-17/h1-10,18,23-24H/p+1/t18-/m1/s1. The van der Waals surface area contributed by atoms with Crippen molar-refractivity contribution in [1.82, 2.24) is 0 Å². The molecule has 0 amide bonds. The lowest BCUT2D eigenvalue weighted by Crippen LogP contribution is -2.40. The topological polar surface area (TPSA) is 71.7 Å². The molecule has 3 aromatic carbocycles. The van der Waals surface area contributed by atoms with Gasteiger partial charge in [0.2, 0.25) is 16.8 Å². The Morgan fingerprint density at radius 3 is 2.60 bits per heavy atom.